The van der Waals surface area contributed by atoms with E-state index in [0.717, 1.165) is 13.0 Å². The van der Waals surface area contributed by atoms with Crippen LogP contribution in [0.15, 0.2) is 29.0 Å². The van der Waals surface area contributed by atoms with Crippen LogP contribution in [-0.4, -0.2) is 20.5 Å². The zero-order valence-corrected chi connectivity index (χ0v) is 12.0. The summed E-state index contributed by atoms with van der Waals surface area (Å²) in [5.41, 5.74) is 0.331. The molecule has 0 unspecified atom stereocenters. The standard InChI is InChI=1S/C13H13BrFN3O/c1-2-3-18-13(16-8-17-18)7-12(19)9-4-10(14)6-11(15)5-9/h4-6,8H,2-3,7H2,1H3. The van der Waals surface area contributed by atoms with E-state index >= 15 is 0 Å². The number of Topliss-reactive ketones (excluding diaryl/α,β-unsaturated/α-hetero) is 1. The predicted octanol–water partition coefficient (Wildman–Crippen LogP) is 3.02. The van der Waals surface area contributed by atoms with Crippen molar-refractivity contribution in [1.29, 1.82) is 0 Å². The van der Waals surface area contributed by atoms with Gasteiger partial charge in [0.15, 0.2) is 5.78 Å². The highest BCUT2D eigenvalue weighted by atomic mass is 79.9. The molecule has 19 heavy (non-hydrogen) atoms. The smallest absolute Gasteiger partial charge is 0.170 e. The second-order valence-corrected chi connectivity index (χ2v) is 5.07. The molecule has 0 amide bonds. The number of aromatic nitrogens is 3. The van der Waals surface area contributed by atoms with E-state index < -0.39 is 5.82 Å². The molecule has 0 bridgehead atoms. The molecule has 100 valence electrons. The molecule has 0 aliphatic carbocycles. The Morgan fingerprint density at radius 1 is 1.42 bits per heavy atom. The first-order valence-electron chi connectivity index (χ1n) is 5.96. The highest BCUT2D eigenvalue weighted by molar-refractivity contribution is 9.10. The Balaban J connectivity index is 2.18. The van der Waals surface area contributed by atoms with E-state index in [1.165, 1.54) is 18.5 Å². The maximum absolute atomic E-state index is 13.3. The average Bonchev–Trinajstić information content (AvgIpc) is 2.76. The molecule has 0 aliphatic heterocycles. The molecule has 0 spiro atoms. The van der Waals surface area contributed by atoms with Gasteiger partial charge >= 0.3 is 0 Å². The van der Waals surface area contributed by atoms with Gasteiger partial charge < -0.3 is 0 Å². The Bertz CT molecular complexity index is 577. The van der Waals surface area contributed by atoms with Gasteiger partial charge in [0.1, 0.15) is 18.0 Å². The Hall–Kier alpha value is -1.56. The molecule has 4 nitrogen and oxygen atoms in total. The topological polar surface area (TPSA) is 47.8 Å². The summed E-state index contributed by atoms with van der Waals surface area (Å²) in [4.78, 5) is 16.2. The van der Waals surface area contributed by atoms with Gasteiger partial charge in [-0.2, -0.15) is 5.10 Å². The van der Waals surface area contributed by atoms with Gasteiger partial charge in [-0.3, -0.25) is 4.79 Å². The number of carbonyl (C=O) groups is 1. The summed E-state index contributed by atoms with van der Waals surface area (Å²) in [5, 5.41) is 4.06. The van der Waals surface area contributed by atoms with E-state index in [1.54, 1.807) is 10.7 Å². The van der Waals surface area contributed by atoms with Crippen molar-refractivity contribution < 1.29 is 9.18 Å². The summed E-state index contributed by atoms with van der Waals surface area (Å²) in [6.45, 7) is 2.74. The second-order valence-electron chi connectivity index (χ2n) is 4.16. The van der Waals surface area contributed by atoms with Gasteiger partial charge in [-0.15, -0.1) is 0 Å². The third kappa shape index (κ3) is 3.47. The number of ketones is 1. The van der Waals surface area contributed by atoms with E-state index in [0.29, 0.717) is 15.9 Å². The Labute approximate surface area is 118 Å². The van der Waals surface area contributed by atoms with Crippen LogP contribution in [0.5, 0.6) is 0 Å². The van der Waals surface area contributed by atoms with E-state index in [4.69, 9.17) is 0 Å². The molecule has 1 aromatic carbocycles. The normalized spacial score (nSPS) is 10.7. The van der Waals surface area contributed by atoms with E-state index in [1.807, 2.05) is 6.92 Å². The first-order chi connectivity index (χ1) is 9.10. The molecule has 1 aromatic heterocycles. The zero-order chi connectivity index (χ0) is 13.8. The molecule has 0 saturated carbocycles. The number of hydrogen-bond acceptors (Lipinski definition) is 3. The summed E-state index contributed by atoms with van der Waals surface area (Å²) in [5.74, 6) is -0.00876. The lowest BCUT2D eigenvalue weighted by atomic mass is 10.1. The summed E-state index contributed by atoms with van der Waals surface area (Å²) in [6, 6.07) is 4.15. The van der Waals surface area contributed by atoms with Crippen LogP contribution >= 0.6 is 15.9 Å². The Morgan fingerprint density at radius 2 is 2.21 bits per heavy atom. The minimum atomic E-state index is -0.437. The highest BCUT2D eigenvalue weighted by Crippen LogP contribution is 2.16. The van der Waals surface area contributed by atoms with Crippen molar-refractivity contribution in [2.75, 3.05) is 0 Å². The van der Waals surface area contributed by atoms with Crippen LogP contribution < -0.4 is 0 Å². The summed E-state index contributed by atoms with van der Waals surface area (Å²) >= 11 is 3.17. The van der Waals surface area contributed by atoms with Crippen molar-refractivity contribution in [3.8, 4) is 0 Å². The van der Waals surface area contributed by atoms with Crippen LogP contribution in [0.1, 0.15) is 29.5 Å². The predicted molar refractivity (Wildman–Crippen MR) is 72.4 cm³/mol. The lowest BCUT2D eigenvalue weighted by Crippen LogP contribution is -2.11. The number of nitrogens with zero attached hydrogens (tertiary/aromatic N) is 3. The van der Waals surface area contributed by atoms with Gasteiger partial charge in [0, 0.05) is 16.6 Å². The fourth-order valence-corrected chi connectivity index (χ4v) is 2.25. The van der Waals surface area contributed by atoms with Crippen molar-refractivity contribution >= 4 is 21.7 Å². The van der Waals surface area contributed by atoms with Crippen LogP contribution in [-0.2, 0) is 13.0 Å². The summed E-state index contributed by atoms with van der Waals surface area (Å²) in [7, 11) is 0. The highest BCUT2D eigenvalue weighted by Gasteiger charge is 2.13. The maximum atomic E-state index is 13.3. The Morgan fingerprint density at radius 3 is 2.89 bits per heavy atom. The summed E-state index contributed by atoms with van der Waals surface area (Å²) in [6.07, 6.45) is 2.46. The van der Waals surface area contributed by atoms with Gasteiger partial charge in [0.2, 0.25) is 0 Å². The number of carbonyl (C=O) groups excluding carboxylic acids is 1. The van der Waals surface area contributed by atoms with E-state index in [-0.39, 0.29) is 12.2 Å². The van der Waals surface area contributed by atoms with Gasteiger partial charge in [0.05, 0.1) is 6.42 Å². The quantitative estimate of drug-likeness (QED) is 0.794. The van der Waals surface area contributed by atoms with E-state index in [9.17, 15) is 9.18 Å². The first-order valence-corrected chi connectivity index (χ1v) is 6.75. The van der Waals surface area contributed by atoms with Crippen molar-refractivity contribution in [3.05, 3.63) is 46.2 Å². The zero-order valence-electron chi connectivity index (χ0n) is 10.4. The Kier molecular flexibility index (Phi) is 4.42. The van der Waals surface area contributed by atoms with Gasteiger partial charge in [-0.25, -0.2) is 14.1 Å². The molecule has 0 radical (unpaired) electrons. The lowest BCUT2D eigenvalue weighted by Gasteiger charge is -2.04. The van der Waals surface area contributed by atoms with Gasteiger partial charge in [-0.1, -0.05) is 22.9 Å². The van der Waals surface area contributed by atoms with Crippen molar-refractivity contribution in [2.24, 2.45) is 0 Å². The van der Waals surface area contributed by atoms with Crippen LogP contribution in [0.4, 0.5) is 4.39 Å². The van der Waals surface area contributed by atoms with Crippen LogP contribution in [0.25, 0.3) is 0 Å². The van der Waals surface area contributed by atoms with E-state index in [2.05, 4.69) is 26.0 Å². The molecule has 6 heteroatoms. The fourth-order valence-electron chi connectivity index (χ4n) is 1.78. The molecule has 0 aliphatic rings. The SMILES string of the molecule is CCCn1ncnc1CC(=O)c1cc(F)cc(Br)c1. The lowest BCUT2D eigenvalue weighted by molar-refractivity contribution is 0.0988. The number of hydrogen-bond donors (Lipinski definition) is 0. The minimum absolute atomic E-state index is 0.121. The first kappa shape index (κ1) is 13.9. The molecule has 2 aromatic rings. The molecule has 0 fully saturated rings. The number of benzene rings is 1. The summed E-state index contributed by atoms with van der Waals surface area (Å²) < 4.78 is 15.5. The molecule has 2 rings (SSSR count). The molecule has 0 atom stereocenters. The number of rotatable bonds is 5. The largest absolute Gasteiger partial charge is 0.294 e. The second kappa shape index (κ2) is 6.06. The van der Waals surface area contributed by atoms with Crippen LogP contribution in [0, 0.1) is 5.82 Å². The fraction of sp³-hybridized carbons (Fsp3) is 0.308. The number of aryl methyl sites for hydroxylation is 1. The van der Waals surface area contributed by atoms with Crippen molar-refractivity contribution in [1.82, 2.24) is 14.8 Å². The van der Waals surface area contributed by atoms with Crippen molar-refractivity contribution in [3.63, 3.8) is 0 Å². The molecule has 0 saturated heterocycles. The van der Waals surface area contributed by atoms with Crippen LogP contribution in [0.2, 0.25) is 0 Å². The minimum Gasteiger partial charge on any atom is -0.294 e. The van der Waals surface area contributed by atoms with Crippen molar-refractivity contribution in [2.45, 2.75) is 26.3 Å². The third-order valence-corrected chi connectivity index (χ3v) is 3.09. The molecular weight excluding hydrogens is 313 g/mol. The molecule has 0 N–H and O–H groups in total. The monoisotopic (exact) mass is 325 g/mol. The third-order valence-electron chi connectivity index (χ3n) is 2.63. The average molecular weight is 326 g/mol. The van der Waals surface area contributed by atoms with Gasteiger partial charge in [-0.05, 0) is 24.6 Å². The number of halogens is 2. The molecule has 1 heterocycles. The van der Waals surface area contributed by atoms with Gasteiger partial charge in [0.25, 0.3) is 0 Å². The maximum Gasteiger partial charge on any atom is 0.170 e. The van der Waals surface area contributed by atoms with Crippen LogP contribution in [0.3, 0.4) is 0 Å². The molecular formula is C13H13BrFN3O.